The molecule has 0 spiro atoms. The highest BCUT2D eigenvalue weighted by Gasteiger charge is 2.15. The molecule has 0 fully saturated rings. The molecular formula is C18H17FN4OS2. The minimum Gasteiger partial charge on any atom is -0.325 e. The maximum atomic E-state index is 13.9. The summed E-state index contributed by atoms with van der Waals surface area (Å²) < 4.78 is 15.6. The first-order chi connectivity index (χ1) is 12.6. The van der Waals surface area contributed by atoms with Gasteiger partial charge in [0.2, 0.25) is 5.91 Å². The number of nitrogens with zero attached hydrogens (tertiary/aromatic N) is 3. The van der Waals surface area contributed by atoms with Crippen molar-refractivity contribution in [2.75, 3.05) is 17.3 Å². The third kappa shape index (κ3) is 4.25. The smallest absolute Gasteiger partial charge is 0.234 e. The van der Waals surface area contributed by atoms with E-state index in [9.17, 15) is 9.18 Å². The first-order valence-corrected chi connectivity index (χ1v) is 10.0. The molecule has 1 aromatic heterocycles. The summed E-state index contributed by atoms with van der Waals surface area (Å²) in [6, 6.07) is 14.1. The number of aromatic nitrogens is 3. The molecule has 26 heavy (non-hydrogen) atoms. The van der Waals surface area contributed by atoms with Crippen LogP contribution in [-0.2, 0) is 11.8 Å². The molecule has 0 saturated carbocycles. The van der Waals surface area contributed by atoms with Gasteiger partial charge < -0.3 is 9.88 Å². The maximum absolute atomic E-state index is 13.9. The Kier molecular flexibility index (Phi) is 5.95. The van der Waals surface area contributed by atoms with Crippen molar-refractivity contribution < 1.29 is 9.18 Å². The molecular weight excluding hydrogens is 371 g/mol. The Hall–Kier alpha value is -2.32. The highest BCUT2D eigenvalue weighted by atomic mass is 32.2. The minimum atomic E-state index is -0.356. The number of rotatable bonds is 6. The van der Waals surface area contributed by atoms with Gasteiger partial charge in [-0.1, -0.05) is 30.0 Å². The molecule has 0 aliphatic heterocycles. The van der Waals surface area contributed by atoms with Crippen molar-refractivity contribution in [3.63, 3.8) is 0 Å². The normalized spacial score (nSPS) is 10.7. The number of carbonyl (C=O) groups is 1. The summed E-state index contributed by atoms with van der Waals surface area (Å²) in [7, 11) is 1.75. The summed E-state index contributed by atoms with van der Waals surface area (Å²) in [5.41, 5.74) is 1.14. The topological polar surface area (TPSA) is 59.8 Å². The van der Waals surface area contributed by atoms with Crippen molar-refractivity contribution in [3.05, 3.63) is 54.3 Å². The predicted octanol–water partition coefficient (Wildman–Crippen LogP) is 4.07. The highest BCUT2D eigenvalue weighted by Crippen LogP contribution is 2.25. The largest absolute Gasteiger partial charge is 0.325 e. The van der Waals surface area contributed by atoms with E-state index in [2.05, 4.69) is 15.5 Å². The molecule has 0 aliphatic rings. The Morgan fingerprint density at radius 3 is 2.77 bits per heavy atom. The van der Waals surface area contributed by atoms with Gasteiger partial charge in [-0.2, -0.15) is 0 Å². The van der Waals surface area contributed by atoms with Gasteiger partial charge in [0.05, 0.1) is 11.3 Å². The van der Waals surface area contributed by atoms with Gasteiger partial charge in [0.15, 0.2) is 11.0 Å². The molecule has 1 heterocycles. The first-order valence-electron chi connectivity index (χ1n) is 7.79. The van der Waals surface area contributed by atoms with E-state index in [-0.39, 0.29) is 17.5 Å². The highest BCUT2D eigenvalue weighted by molar-refractivity contribution is 7.99. The van der Waals surface area contributed by atoms with Crippen LogP contribution in [0.15, 0.2) is 58.6 Å². The second-order valence-electron chi connectivity index (χ2n) is 5.41. The lowest BCUT2D eigenvalue weighted by atomic mass is 10.2. The van der Waals surface area contributed by atoms with Crippen molar-refractivity contribution in [1.82, 2.24) is 14.8 Å². The van der Waals surface area contributed by atoms with Crippen molar-refractivity contribution in [3.8, 4) is 11.4 Å². The molecule has 8 heteroatoms. The van der Waals surface area contributed by atoms with Crippen LogP contribution in [0.5, 0.6) is 0 Å². The first kappa shape index (κ1) is 18.5. The van der Waals surface area contributed by atoms with E-state index in [0.717, 1.165) is 10.6 Å². The summed E-state index contributed by atoms with van der Waals surface area (Å²) in [5, 5.41) is 11.5. The number of anilines is 1. The lowest BCUT2D eigenvalue weighted by Crippen LogP contribution is -2.14. The molecule has 0 atom stereocenters. The summed E-state index contributed by atoms with van der Waals surface area (Å²) in [6.45, 7) is 0. The van der Waals surface area contributed by atoms with E-state index in [0.29, 0.717) is 16.5 Å². The van der Waals surface area contributed by atoms with Crippen molar-refractivity contribution >= 4 is 35.1 Å². The lowest BCUT2D eigenvalue weighted by molar-refractivity contribution is -0.113. The molecule has 1 amide bonds. The molecule has 0 unspecified atom stereocenters. The molecule has 3 aromatic rings. The molecule has 3 rings (SSSR count). The Labute approximate surface area is 159 Å². The van der Waals surface area contributed by atoms with E-state index in [1.54, 1.807) is 41.6 Å². The minimum absolute atomic E-state index is 0.135. The number of carbonyl (C=O) groups excluding carboxylic acids is 1. The van der Waals surface area contributed by atoms with Gasteiger partial charge in [-0.3, -0.25) is 4.79 Å². The van der Waals surface area contributed by atoms with Crippen LogP contribution in [0.3, 0.4) is 0 Å². The summed E-state index contributed by atoms with van der Waals surface area (Å²) >= 11 is 2.87. The van der Waals surface area contributed by atoms with Crippen LogP contribution in [0.1, 0.15) is 0 Å². The molecule has 0 radical (unpaired) electrons. The Balaban J connectivity index is 1.65. The second-order valence-corrected chi connectivity index (χ2v) is 7.24. The van der Waals surface area contributed by atoms with Crippen molar-refractivity contribution in [2.24, 2.45) is 7.05 Å². The van der Waals surface area contributed by atoms with Crippen molar-refractivity contribution in [1.29, 1.82) is 0 Å². The van der Waals surface area contributed by atoms with Crippen LogP contribution in [-0.4, -0.2) is 32.7 Å². The fraction of sp³-hybridized carbons (Fsp3) is 0.167. The maximum Gasteiger partial charge on any atom is 0.234 e. The van der Waals surface area contributed by atoms with Gasteiger partial charge >= 0.3 is 0 Å². The zero-order valence-electron chi connectivity index (χ0n) is 14.3. The van der Waals surface area contributed by atoms with Gasteiger partial charge in [0, 0.05) is 17.6 Å². The van der Waals surface area contributed by atoms with Gasteiger partial charge in [-0.15, -0.1) is 22.0 Å². The Morgan fingerprint density at radius 1 is 1.19 bits per heavy atom. The number of thioether (sulfide) groups is 2. The van der Waals surface area contributed by atoms with E-state index in [1.165, 1.54) is 17.8 Å². The summed E-state index contributed by atoms with van der Waals surface area (Å²) in [6.07, 6.45) is 1.98. The molecule has 2 aromatic carbocycles. The third-order valence-electron chi connectivity index (χ3n) is 3.64. The second kappa shape index (κ2) is 8.37. The van der Waals surface area contributed by atoms with Gasteiger partial charge in [0.25, 0.3) is 0 Å². The summed E-state index contributed by atoms with van der Waals surface area (Å²) in [4.78, 5) is 13.3. The monoisotopic (exact) mass is 388 g/mol. The van der Waals surface area contributed by atoms with Crippen LogP contribution in [0.4, 0.5) is 10.1 Å². The quantitative estimate of drug-likeness (QED) is 0.645. The van der Waals surface area contributed by atoms with Crippen molar-refractivity contribution in [2.45, 2.75) is 10.1 Å². The number of nitrogens with one attached hydrogen (secondary N) is 1. The number of benzene rings is 2. The zero-order chi connectivity index (χ0) is 18.5. The number of amides is 1. The van der Waals surface area contributed by atoms with Crippen LogP contribution in [0.25, 0.3) is 11.4 Å². The predicted molar refractivity (Wildman–Crippen MR) is 104 cm³/mol. The van der Waals surface area contributed by atoms with Crippen LogP contribution < -0.4 is 5.32 Å². The molecule has 5 nitrogen and oxygen atoms in total. The van der Waals surface area contributed by atoms with Crippen LogP contribution >= 0.6 is 23.5 Å². The van der Waals surface area contributed by atoms with E-state index in [4.69, 9.17) is 0 Å². The average molecular weight is 388 g/mol. The third-order valence-corrected chi connectivity index (χ3v) is 5.38. The Bertz CT molecular complexity index is 929. The zero-order valence-corrected chi connectivity index (χ0v) is 15.9. The van der Waals surface area contributed by atoms with E-state index < -0.39 is 0 Å². The van der Waals surface area contributed by atoms with Gasteiger partial charge in [-0.25, -0.2) is 4.39 Å². The molecule has 1 N–H and O–H groups in total. The fourth-order valence-corrected chi connectivity index (χ4v) is 3.52. The molecule has 0 aliphatic carbocycles. The number of halogens is 1. The average Bonchev–Trinajstić information content (AvgIpc) is 3.01. The van der Waals surface area contributed by atoms with Crippen LogP contribution in [0, 0.1) is 5.82 Å². The van der Waals surface area contributed by atoms with E-state index >= 15 is 0 Å². The standard InChI is InChI=1S/C18H17FN4OS2/c1-23-17(14-8-3-4-9-15(14)19)21-22-18(23)26-11-16(24)20-12-6-5-7-13(10-12)25-2/h3-10H,11H2,1-2H3,(H,20,24). The van der Waals surface area contributed by atoms with Gasteiger partial charge in [-0.05, 0) is 36.6 Å². The molecule has 0 saturated heterocycles. The van der Waals surface area contributed by atoms with Gasteiger partial charge in [0.1, 0.15) is 5.82 Å². The fourth-order valence-electron chi connectivity index (χ4n) is 2.35. The number of hydrogen-bond donors (Lipinski definition) is 1. The SMILES string of the molecule is CSc1cccc(NC(=O)CSc2nnc(-c3ccccc3F)n2C)c1. The Morgan fingerprint density at radius 2 is 2.00 bits per heavy atom. The summed E-state index contributed by atoms with van der Waals surface area (Å²) in [5.74, 6) is 0.126. The van der Waals surface area contributed by atoms with E-state index in [1.807, 2.05) is 30.5 Å². The molecule has 134 valence electrons. The van der Waals surface area contributed by atoms with Crippen LogP contribution in [0.2, 0.25) is 0 Å². The molecule has 0 bridgehead atoms. The lowest BCUT2D eigenvalue weighted by Gasteiger charge is -2.07. The number of hydrogen-bond acceptors (Lipinski definition) is 5.